The highest BCUT2D eigenvalue weighted by Crippen LogP contribution is 2.47. The Morgan fingerprint density at radius 2 is 1.64 bits per heavy atom. The largest absolute Gasteiger partial charge is 0.391 e. The number of anilines is 2. The lowest BCUT2D eigenvalue weighted by molar-refractivity contribution is -0.122. The molecule has 9 heteroatoms. The quantitative estimate of drug-likeness (QED) is 0.357. The van der Waals surface area contributed by atoms with E-state index in [4.69, 9.17) is 0 Å². The van der Waals surface area contributed by atoms with E-state index in [1.807, 2.05) is 42.6 Å². The Kier molecular flexibility index (Phi) is 9.45. The van der Waals surface area contributed by atoms with Gasteiger partial charge >= 0.3 is 0 Å². The number of rotatable bonds is 11. The summed E-state index contributed by atoms with van der Waals surface area (Å²) in [6, 6.07) is 14.1. The van der Waals surface area contributed by atoms with Gasteiger partial charge in [-0.2, -0.15) is 0 Å². The number of carbonyl (C=O) groups is 4. The van der Waals surface area contributed by atoms with Crippen molar-refractivity contribution in [3.05, 3.63) is 59.7 Å². The summed E-state index contributed by atoms with van der Waals surface area (Å²) in [5.41, 5.74) is 2.43. The molecule has 2 bridgehead atoms. The fourth-order valence-electron chi connectivity index (χ4n) is 7.68. The predicted molar refractivity (Wildman–Crippen MR) is 173 cm³/mol. The molecule has 4 aliphatic rings. The van der Waals surface area contributed by atoms with Crippen molar-refractivity contribution in [1.29, 1.82) is 0 Å². The van der Waals surface area contributed by atoms with Gasteiger partial charge in [-0.15, -0.1) is 0 Å². The third-order valence-corrected chi connectivity index (χ3v) is 10.2. The maximum Gasteiger partial charge on any atom is 0.251 e. The molecule has 2 saturated carbocycles. The van der Waals surface area contributed by atoms with Crippen LogP contribution in [0.5, 0.6) is 0 Å². The number of benzene rings is 2. The van der Waals surface area contributed by atoms with Crippen LogP contribution >= 0.6 is 0 Å². The van der Waals surface area contributed by atoms with Crippen LogP contribution in [0.1, 0.15) is 80.6 Å². The summed E-state index contributed by atoms with van der Waals surface area (Å²) in [6.45, 7) is 2.90. The van der Waals surface area contributed by atoms with Gasteiger partial charge < -0.3 is 20.2 Å². The molecule has 238 valence electrons. The molecule has 0 aromatic heterocycles. The number of aliphatic imine (C=N–C) groups is 1. The van der Waals surface area contributed by atoms with Crippen molar-refractivity contribution in [2.24, 2.45) is 28.7 Å². The third-order valence-electron chi connectivity index (χ3n) is 10.2. The lowest BCUT2D eigenvalue weighted by Gasteiger charge is -2.27. The molecule has 2 aliphatic heterocycles. The average Bonchev–Trinajstić information content (AvgIpc) is 3.86. The molecule has 6 atom stereocenters. The van der Waals surface area contributed by atoms with Crippen molar-refractivity contribution in [2.45, 2.75) is 83.3 Å². The first-order valence-corrected chi connectivity index (χ1v) is 16.6. The number of aliphatic hydroxyl groups is 1. The molecule has 2 aromatic rings. The van der Waals surface area contributed by atoms with Gasteiger partial charge in [-0.25, -0.2) is 4.99 Å². The molecule has 0 spiro atoms. The van der Waals surface area contributed by atoms with E-state index in [1.165, 1.54) is 19.3 Å². The van der Waals surface area contributed by atoms with Gasteiger partial charge in [0.15, 0.2) is 0 Å². The molecule has 2 aromatic carbocycles. The van der Waals surface area contributed by atoms with Crippen molar-refractivity contribution in [2.75, 3.05) is 22.9 Å². The number of nitrogens with zero attached hydrogens (tertiary/aromatic N) is 3. The average molecular weight is 613 g/mol. The van der Waals surface area contributed by atoms with E-state index in [0.717, 1.165) is 30.7 Å². The smallest absolute Gasteiger partial charge is 0.251 e. The number of hydrogen-bond acceptors (Lipinski definition) is 5. The molecule has 6 rings (SSSR count). The molecule has 9 nitrogen and oxygen atoms in total. The first-order valence-electron chi connectivity index (χ1n) is 16.6. The van der Waals surface area contributed by atoms with Crippen molar-refractivity contribution in [3.8, 4) is 0 Å². The summed E-state index contributed by atoms with van der Waals surface area (Å²) < 4.78 is 0. The number of nitrogens with one attached hydrogen (secondary N) is 1. The minimum Gasteiger partial charge on any atom is -0.391 e. The molecule has 2 saturated heterocycles. The van der Waals surface area contributed by atoms with Crippen LogP contribution in [-0.4, -0.2) is 60.2 Å². The van der Waals surface area contributed by atoms with Crippen LogP contribution in [-0.2, 0) is 20.8 Å². The van der Waals surface area contributed by atoms with E-state index < -0.39 is 24.0 Å². The van der Waals surface area contributed by atoms with Gasteiger partial charge in [0, 0.05) is 55.0 Å². The molecule has 2 aliphatic carbocycles. The highest BCUT2D eigenvalue weighted by molar-refractivity contribution is 6.03. The van der Waals surface area contributed by atoms with Crippen molar-refractivity contribution >= 4 is 41.2 Å². The van der Waals surface area contributed by atoms with E-state index in [0.29, 0.717) is 61.1 Å². The molecule has 4 fully saturated rings. The topological polar surface area (TPSA) is 119 Å². The first-order chi connectivity index (χ1) is 21.7. The van der Waals surface area contributed by atoms with Crippen LogP contribution in [0, 0.1) is 23.7 Å². The van der Waals surface area contributed by atoms with Gasteiger partial charge in [-0.3, -0.25) is 19.2 Å². The minimum absolute atomic E-state index is 0.00891. The lowest BCUT2D eigenvalue weighted by atomic mass is 9.90. The monoisotopic (exact) mass is 612 g/mol. The Hall–Kier alpha value is -3.85. The van der Waals surface area contributed by atoms with Crippen LogP contribution < -0.4 is 15.1 Å². The van der Waals surface area contributed by atoms with Gasteiger partial charge in [0.1, 0.15) is 0 Å². The number of fused-ring (bicyclic) bond motifs is 2. The van der Waals surface area contributed by atoms with E-state index in [9.17, 15) is 24.3 Å². The Bertz CT molecular complexity index is 1410. The fraction of sp³-hybridized carbons (Fsp3) is 0.528. The number of carbonyl (C=O) groups excluding carboxylic acids is 4. The fourth-order valence-corrected chi connectivity index (χ4v) is 7.68. The third kappa shape index (κ3) is 7.19. The Balaban J connectivity index is 1.19. The Morgan fingerprint density at radius 1 is 0.978 bits per heavy atom. The second kappa shape index (κ2) is 13.6. The molecule has 2 heterocycles. The van der Waals surface area contributed by atoms with Gasteiger partial charge in [0.25, 0.3) is 5.91 Å². The SMILES string of the molecule is C[C@H](C[C@H](O)[C@H](Cc1ccccc1)NC(=O)c1cc(N2CCCC2=O)cc(N2CCCC2=O)c1)C(=O)N=CC1CC2CCC1C2. The van der Waals surface area contributed by atoms with Gasteiger partial charge in [0.2, 0.25) is 17.7 Å². The zero-order chi connectivity index (χ0) is 31.5. The zero-order valence-electron chi connectivity index (χ0n) is 26.1. The highest BCUT2D eigenvalue weighted by atomic mass is 16.3. The molecular weight excluding hydrogens is 568 g/mol. The highest BCUT2D eigenvalue weighted by Gasteiger charge is 2.38. The van der Waals surface area contributed by atoms with Gasteiger partial charge in [-0.05, 0) is 86.5 Å². The summed E-state index contributed by atoms with van der Waals surface area (Å²) in [4.78, 5) is 59.7. The second-order valence-corrected chi connectivity index (χ2v) is 13.5. The van der Waals surface area contributed by atoms with Crippen molar-refractivity contribution in [1.82, 2.24) is 5.32 Å². The maximum absolute atomic E-state index is 13.9. The first kappa shape index (κ1) is 31.1. The predicted octanol–water partition coefficient (Wildman–Crippen LogP) is 4.70. The van der Waals surface area contributed by atoms with Crippen molar-refractivity contribution < 1.29 is 24.3 Å². The lowest BCUT2D eigenvalue weighted by Crippen LogP contribution is -2.46. The number of amides is 4. The van der Waals surface area contributed by atoms with E-state index >= 15 is 0 Å². The summed E-state index contributed by atoms with van der Waals surface area (Å²) >= 11 is 0. The summed E-state index contributed by atoms with van der Waals surface area (Å²) in [5, 5.41) is 14.5. The molecule has 45 heavy (non-hydrogen) atoms. The summed E-state index contributed by atoms with van der Waals surface area (Å²) in [7, 11) is 0. The minimum atomic E-state index is -1.01. The maximum atomic E-state index is 13.9. The van der Waals surface area contributed by atoms with Crippen LogP contribution in [0.3, 0.4) is 0 Å². The zero-order valence-corrected chi connectivity index (χ0v) is 26.1. The standard InChI is InChI=1S/C36H44N4O5/c1-23(35(44)37-22-28-17-25-11-12-26(28)16-25)15-32(41)31(18-24-7-3-2-4-8-24)38-36(45)27-19-29(39-13-5-9-33(39)42)21-30(20-27)40-14-6-10-34(40)43/h2-4,7-8,19-23,25-26,28,31-32,41H,5-6,9-18H2,1H3,(H,38,45)/t23-,25?,26?,28?,31+,32+/m1/s1. The summed E-state index contributed by atoms with van der Waals surface area (Å²) in [5.74, 6) is 0.602. The van der Waals surface area contributed by atoms with Crippen molar-refractivity contribution in [3.63, 3.8) is 0 Å². The second-order valence-electron chi connectivity index (χ2n) is 13.5. The van der Waals surface area contributed by atoms with Crippen LogP contribution in [0.2, 0.25) is 0 Å². The normalized spacial score (nSPS) is 24.9. The Morgan fingerprint density at radius 3 is 2.20 bits per heavy atom. The summed E-state index contributed by atoms with van der Waals surface area (Å²) in [6.07, 6.45) is 8.60. The van der Waals surface area contributed by atoms with E-state index in [-0.39, 0.29) is 24.1 Å². The van der Waals surface area contributed by atoms with Gasteiger partial charge in [-0.1, -0.05) is 43.7 Å². The van der Waals surface area contributed by atoms with E-state index in [2.05, 4.69) is 10.3 Å². The number of aliphatic hydroxyl groups excluding tert-OH is 1. The van der Waals surface area contributed by atoms with Gasteiger partial charge in [0.05, 0.1) is 12.1 Å². The van der Waals surface area contributed by atoms with E-state index in [1.54, 1.807) is 28.9 Å². The molecule has 3 unspecified atom stereocenters. The molecule has 2 N–H and O–H groups in total. The van der Waals surface area contributed by atoms with Crippen LogP contribution in [0.15, 0.2) is 53.5 Å². The number of hydrogen-bond donors (Lipinski definition) is 2. The van der Waals surface area contributed by atoms with Crippen LogP contribution in [0.25, 0.3) is 0 Å². The molecular formula is C36H44N4O5. The molecule has 0 radical (unpaired) electrons. The van der Waals surface area contributed by atoms with Crippen LogP contribution in [0.4, 0.5) is 11.4 Å². The molecule has 4 amide bonds. The Labute approximate surface area is 265 Å².